The summed E-state index contributed by atoms with van der Waals surface area (Å²) in [6.07, 6.45) is 0. The molecule has 0 amide bonds. The fourth-order valence-corrected chi connectivity index (χ4v) is 1.43. The van der Waals surface area contributed by atoms with E-state index in [0.29, 0.717) is 11.9 Å². The Morgan fingerprint density at radius 1 is 1.17 bits per heavy atom. The van der Waals surface area contributed by atoms with Gasteiger partial charge in [-0.15, -0.1) is 0 Å². The van der Waals surface area contributed by atoms with Gasteiger partial charge in [-0.1, -0.05) is 0 Å². The third-order valence-corrected chi connectivity index (χ3v) is 2.31. The van der Waals surface area contributed by atoms with E-state index in [0.717, 1.165) is 19.6 Å². The molecule has 1 rings (SSSR count). The number of nitrogens with one attached hydrogen (secondary N) is 1. The smallest absolute Gasteiger partial charge is 0.323 e. The summed E-state index contributed by atoms with van der Waals surface area (Å²) in [5.74, 6) is 1.07. The van der Waals surface area contributed by atoms with Crippen molar-refractivity contribution in [3.63, 3.8) is 0 Å². The third-order valence-electron chi connectivity index (χ3n) is 2.31. The fourth-order valence-electron chi connectivity index (χ4n) is 1.43. The lowest BCUT2D eigenvalue weighted by atomic mass is 10.5. The molecule has 0 bridgehead atoms. The van der Waals surface area contributed by atoms with E-state index < -0.39 is 0 Å². The molecule has 1 heterocycles. The van der Waals surface area contributed by atoms with Gasteiger partial charge < -0.3 is 20.1 Å². The van der Waals surface area contributed by atoms with E-state index in [1.54, 1.807) is 0 Å². The number of anilines is 2. The van der Waals surface area contributed by atoms with Gasteiger partial charge in [0.25, 0.3) is 0 Å². The molecular weight excluding hydrogens is 234 g/mol. The van der Waals surface area contributed by atoms with Crippen LogP contribution >= 0.6 is 0 Å². The van der Waals surface area contributed by atoms with E-state index in [1.807, 2.05) is 25.7 Å². The van der Waals surface area contributed by atoms with Crippen molar-refractivity contribution in [1.82, 2.24) is 15.0 Å². The number of nitrogens with zero attached hydrogens (tertiary/aromatic N) is 4. The molecule has 0 atom stereocenters. The number of ether oxygens (including phenoxy) is 1. The Hall–Kier alpha value is -1.63. The lowest BCUT2D eigenvalue weighted by Gasteiger charge is -2.19. The summed E-state index contributed by atoms with van der Waals surface area (Å²) in [4.78, 5) is 14.7. The molecule has 0 aliphatic carbocycles. The maximum Gasteiger partial charge on any atom is 0.323 e. The Morgan fingerprint density at radius 3 is 2.44 bits per heavy atom. The van der Waals surface area contributed by atoms with E-state index in [2.05, 4.69) is 20.3 Å². The molecule has 0 saturated carbocycles. The largest absolute Gasteiger partial charge is 0.461 e. The monoisotopic (exact) mass is 255 g/mol. The SMILES string of the molecule is CCNc1nc(OCCO)nc(N(CC)CC)n1. The van der Waals surface area contributed by atoms with Crippen LogP contribution in [-0.2, 0) is 0 Å². The summed E-state index contributed by atoms with van der Waals surface area (Å²) >= 11 is 0. The van der Waals surface area contributed by atoms with Crippen molar-refractivity contribution < 1.29 is 9.84 Å². The lowest BCUT2D eigenvalue weighted by Crippen LogP contribution is -2.25. The number of aromatic nitrogens is 3. The standard InChI is InChI=1S/C11H21N5O2/c1-4-12-9-13-10(16(5-2)6-3)15-11(14-9)18-8-7-17/h17H,4-8H2,1-3H3,(H,12,13,14,15). The van der Waals surface area contributed by atoms with Crippen molar-refractivity contribution in [2.75, 3.05) is 43.1 Å². The number of aliphatic hydroxyl groups is 1. The average molecular weight is 255 g/mol. The van der Waals surface area contributed by atoms with E-state index in [4.69, 9.17) is 9.84 Å². The summed E-state index contributed by atoms with van der Waals surface area (Å²) in [5.41, 5.74) is 0. The summed E-state index contributed by atoms with van der Waals surface area (Å²) in [5, 5.41) is 11.8. The predicted octanol–water partition coefficient (Wildman–Crippen LogP) is 0.521. The van der Waals surface area contributed by atoms with Gasteiger partial charge in [-0.25, -0.2) is 0 Å². The molecule has 18 heavy (non-hydrogen) atoms. The van der Waals surface area contributed by atoms with Gasteiger partial charge in [0.1, 0.15) is 6.61 Å². The van der Waals surface area contributed by atoms with E-state index in [1.165, 1.54) is 0 Å². The highest BCUT2D eigenvalue weighted by molar-refractivity contribution is 5.38. The first-order chi connectivity index (χ1) is 8.74. The minimum Gasteiger partial charge on any atom is -0.461 e. The molecular formula is C11H21N5O2. The minimum atomic E-state index is -0.0666. The Kier molecular flexibility index (Phi) is 6.13. The van der Waals surface area contributed by atoms with Crippen molar-refractivity contribution >= 4 is 11.9 Å². The molecule has 0 spiro atoms. The molecule has 2 N–H and O–H groups in total. The zero-order chi connectivity index (χ0) is 13.4. The van der Waals surface area contributed by atoms with Crippen molar-refractivity contribution in [3.8, 4) is 6.01 Å². The minimum absolute atomic E-state index is 0.0666. The number of hydrogen-bond acceptors (Lipinski definition) is 7. The highest BCUT2D eigenvalue weighted by Crippen LogP contribution is 2.14. The van der Waals surface area contributed by atoms with Gasteiger partial charge in [0, 0.05) is 19.6 Å². The number of aliphatic hydroxyl groups excluding tert-OH is 1. The summed E-state index contributed by atoms with van der Waals surface area (Å²) in [7, 11) is 0. The molecule has 1 aromatic heterocycles. The maximum atomic E-state index is 8.75. The second-order valence-electron chi connectivity index (χ2n) is 3.52. The van der Waals surface area contributed by atoms with Crippen LogP contribution in [0.15, 0.2) is 0 Å². The predicted molar refractivity (Wildman–Crippen MR) is 70.1 cm³/mol. The van der Waals surface area contributed by atoms with Crippen LogP contribution in [0.25, 0.3) is 0 Å². The first kappa shape index (κ1) is 14.4. The normalized spacial score (nSPS) is 10.2. The van der Waals surface area contributed by atoms with Gasteiger partial charge in [-0.2, -0.15) is 15.0 Å². The van der Waals surface area contributed by atoms with Gasteiger partial charge in [0.2, 0.25) is 11.9 Å². The molecule has 0 radical (unpaired) electrons. The first-order valence-electron chi connectivity index (χ1n) is 6.23. The molecule has 0 aromatic carbocycles. The number of hydrogen-bond donors (Lipinski definition) is 2. The van der Waals surface area contributed by atoms with Crippen LogP contribution in [0.5, 0.6) is 6.01 Å². The average Bonchev–Trinajstić information content (AvgIpc) is 2.38. The van der Waals surface area contributed by atoms with E-state index >= 15 is 0 Å². The molecule has 7 heteroatoms. The van der Waals surface area contributed by atoms with Crippen LogP contribution < -0.4 is 15.0 Å². The van der Waals surface area contributed by atoms with Crippen LogP contribution in [0, 0.1) is 0 Å². The van der Waals surface area contributed by atoms with Crippen molar-refractivity contribution in [2.24, 2.45) is 0 Å². The maximum absolute atomic E-state index is 8.75. The molecule has 0 saturated heterocycles. The van der Waals surface area contributed by atoms with Crippen molar-refractivity contribution in [2.45, 2.75) is 20.8 Å². The van der Waals surface area contributed by atoms with E-state index in [-0.39, 0.29) is 19.2 Å². The third kappa shape index (κ3) is 3.99. The number of rotatable bonds is 8. The fraction of sp³-hybridized carbons (Fsp3) is 0.727. The van der Waals surface area contributed by atoms with Gasteiger partial charge in [-0.3, -0.25) is 0 Å². The molecule has 7 nitrogen and oxygen atoms in total. The van der Waals surface area contributed by atoms with Crippen LogP contribution in [0.4, 0.5) is 11.9 Å². The van der Waals surface area contributed by atoms with Gasteiger partial charge in [0.05, 0.1) is 6.61 Å². The van der Waals surface area contributed by atoms with Crippen LogP contribution in [0.3, 0.4) is 0 Å². The van der Waals surface area contributed by atoms with Crippen molar-refractivity contribution in [3.05, 3.63) is 0 Å². The van der Waals surface area contributed by atoms with Crippen LogP contribution in [0.1, 0.15) is 20.8 Å². The Bertz CT molecular complexity index is 357. The highest BCUT2D eigenvalue weighted by atomic mass is 16.5. The van der Waals surface area contributed by atoms with Crippen LogP contribution in [0.2, 0.25) is 0 Å². The lowest BCUT2D eigenvalue weighted by molar-refractivity contribution is 0.191. The zero-order valence-electron chi connectivity index (χ0n) is 11.2. The molecule has 1 aromatic rings. The van der Waals surface area contributed by atoms with Crippen LogP contribution in [-0.4, -0.2) is 52.9 Å². The second-order valence-corrected chi connectivity index (χ2v) is 3.52. The topological polar surface area (TPSA) is 83.4 Å². The molecule has 102 valence electrons. The molecule has 0 fully saturated rings. The second kappa shape index (κ2) is 7.65. The summed E-state index contributed by atoms with van der Waals surface area (Å²) in [6.45, 7) is 8.49. The Labute approximate surface area is 107 Å². The Morgan fingerprint density at radius 2 is 1.89 bits per heavy atom. The first-order valence-corrected chi connectivity index (χ1v) is 6.23. The van der Waals surface area contributed by atoms with Gasteiger partial charge >= 0.3 is 6.01 Å². The van der Waals surface area contributed by atoms with Gasteiger partial charge in [-0.05, 0) is 20.8 Å². The van der Waals surface area contributed by atoms with Crippen molar-refractivity contribution in [1.29, 1.82) is 0 Å². The zero-order valence-corrected chi connectivity index (χ0v) is 11.2. The molecule has 0 aliphatic heterocycles. The summed E-state index contributed by atoms with van der Waals surface area (Å²) in [6, 6.07) is 0.233. The quantitative estimate of drug-likeness (QED) is 0.700. The Balaban J connectivity index is 2.96. The van der Waals surface area contributed by atoms with E-state index in [9.17, 15) is 0 Å². The molecule has 0 unspecified atom stereocenters. The summed E-state index contributed by atoms with van der Waals surface area (Å²) < 4.78 is 5.24. The highest BCUT2D eigenvalue weighted by Gasteiger charge is 2.11. The van der Waals surface area contributed by atoms with Gasteiger partial charge in [0.15, 0.2) is 0 Å². The molecule has 0 aliphatic rings.